The number of amides is 1. The second-order valence-electron chi connectivity index (χ2n) is 6.62. The van der Waals surface area contributed by atoms with Gasteiger partial charge in [-0.1, -0.05) is 36.4 Å². The SMILES string of the molecule is COc1ccc(C)cc1NC(=O)Cn1cnc2cc(-c3ccccc3)sc2c1=O. The Labute approximate surface area is 171 Å². The number of nitrogens with one attached hydrogen (secondary N) is 1. The van der Waals surface area contributed by atoms with Gasteiger partial charge in [0.05, 0.1) is 24.6 Å². The van der Waals surface area contributed by atoms with E-state index >= 15 is 0 Å². The maximum absolute atomic E-state index is 12.9. The van der Waals surface area contributed by atoms with Crippen molar-refractivity contribution >= 4 is 33.1 Å². The van der Waals surface area contributed by atoms with Gasteiger partial charge in [0, 0.05) is 4.88 Å². The molecule has 2 aromatic carbocycles. The smallest absolute Gasteiger partial charge is 0.271 e. The molecule has 7 heteroatoms. The highest BCUT2D eigenvalue weighted by molar-refractivity contribution is 7.22. The van der Waals surface area contributed by atoms with Crippen LogP contribution in [0.3, 0.4) is 0 Å². The van der Waals surface area contributed by atoms with Crippen LogP contribution in [-0.4, -0.2) is 22.6 Å². The van der Waals surface area contributed by atoms with Crippen LogP contribution in [0.5, 0.6) is 5.75 Å². The van der Waals surface area contributed by atoms with Crippen molar-refractivity contribution in [3.8, 4) is 16.2 Å². The van der Waals surface area contributed by atoms with Crippen molar-refractivity contribution in [2.75, 3.05) is 12.4 Å². The van der Waals surface area contributed by atoms with Crippen molar-refractivity contribution in [3.63, 3.8) is 0 Å². The minimum atomic E-state index is -0.322. The van der Waals surface area contributed by atoms with E-state index in [0.717, 1.165) is 16.0 Å². The quantitative estimate of drug-likeness (QED) is 0.543. The molecule has 0 fully saturated rings. The molecule has 4 rings (SSSR count). The number of aryl methyl sites for hydroxylation is 1. The molecule has 0 unspecified atom stereocenters. The normalized spacial score (nSPS) is 10.8. The monoisotopic (exact) mass is 405 g/mol. The molecule has 0 aliphatic carbocycles. The number of hydrogen-bond acceptors (Lipinski definition) is 5. The molecular weight excluding hydrogens is 386 g/mol. The standard InChI is InChI=1S/C22H19N3O3S/c1-14-8-9-18(28-2)16(10-14)24-20(26)12-25-13-23-17-11-19(29-21(17)22(25)27)15-6-4-3-5-7-15/h3-11,13H,12H2,1-2H3,(H,24,26). The number of fused-ring (bicyclic) bond motifs is 1. The Morgan fingerprint density at radius 3 is 2.72 bits per heavy atom. The average molecular weight is 405 g/mol. The number of aromatic nitrogens is 2. The summed E-state index contributed by atoms with van der Waals surface area (Å²) < 4.78 is 7.14. The van der Waals surface area contributed by atoms with Crippen LogP contribution in [0.1, 0.15) is 5.56 Å². The number of benzene rings is 2. The van der Waals surface area contributed by atoms with E-state index in [2.05, 4.69) is 10.3 Å². The van der Waals surface area contributed by atoms with E-state index < -0.39 is 0 Å². The molecule has 6 nitrogen and oxygen atoms in total. The zero-order valence-electron chi connectivity index (χ0n) is 16.0. The number of methoxy groups -OCH3 is 1. The van der Waals surface area contributed by atoms with Crippen LogP contribution in [0.2, 0.25) is 0 Å². The molecule has 0 saturated carbocycles. The predicted octanol–water partition coefficient (Wildman–Crippen LogP) is 4.08. The maximum atomic E-state index is 12.9. The summed E-state index contributed by atoms with van der Waals surface area (Å²) in [6.07, 6.45) is 1.42. The van der Waals surface area contributed by atoms with Crippen LogP contribution >= 0.6 is 11.3 Å². The fourth-order valence-corrected chi connectivity index (χ4v) is 4.13. The van der Waals surface area contributed by atoms with Crippen molar-refractivity contribution in [1.29, 1.82) is 0 Å². The van der Waals surface area contributed by atoms with Gasteiger partial charge in [-0.25, -0.2) is 4.98 Å². The van der Waals surface area contributed by atoms with Gasteiger partial charge in [0.1, 0.15) is 17.0 Å². The summed E-state index contributed by atoms with van der Waals surface area (Å²) in [5.41, 5.74) is 3.01. The number of carbonyl (C=O) groups excluding carboxylic acids is 1. The highest BCUT2D eigenvalue weighted by Crippen LogP contribution is 2.30. The largest absolute Gasteiger partial charge is 0.495 e. The zero-order chi connectivity index (χ0) is 20.4. The molecule has 146 valence electrons. The molecule has 2 aromatic heterocycles. The Hall–Kier alpha value is -3.45. The molecule has 4 aromatic rings. The minimum absolute atomic E-state index is 0.128. The zero-order valence-corrected chi connectivity index (χ0v) is 16.8. The third-order valence-electron chi connectivity index (χ3n) is 4.51. The lowest BCUT2D eigenvalue weighted by molar-refractivity contribution is -0.116. The molecule has 0 saturated heterocycles. The van der Waals surface area contributed by atoms with Crippen LogP contribution in [0.15, 0.2) is 65.7 Å². The van der Waals surface area contributed by atoms with Crippen molar-refractivity contribution in [3.05, 3.63) is 76.8 Å². The van der Waals surface area contributed by atoms with Crippen molar-refractivity contribution in [1.82, 2.24) is 9.55 Å². The highest BCUT2D eigenvalue weighted by Gasteiger charge is 2.13. The molecule has 0 atom stereocenters. The number of hydrogen-bond donors (Lipinski definition) is 1. The third kappa shape index (κ3) is 3.90. The number of nitrogens with zero attached hydrogens (tertiary/aromatic N) is 2. The first-order valence-corrected chi connectivity index (χ1v) is 9.85. The average Bonchev–Trinajstić information content (AvgIpc) is 3.16. The summed E-state index contributed by atoms with van der Waals surface area (Å²) in [4.78, 5) is 30.7. The lowest BCUT2D eigenvalue weighted by atomic mass is 10.2. The van der Waals surface area contributed by atoms with Crippen LogP contribution in [0.25, 0.3) is 20.7 Å². The van der Waals surface area contributed by atoms with Gasteiger partial charge in [-0.2, -0.15) is 0 Å². The number of carbonyl (C=O) groups is 1. The summed E-state index contributed by atoms with van der Waals surface area (Å²) in [6.45, 7) is 1.80. The van der Waals surface area contributed by atoms with E-state index in [0.29, 0.717) is 21.7 Å². The predicted molar refractivity (Wildman–Crippen MR) is 116 cm³/mol. The number of rotatable bonds is 5. The molecule has 0 spiro atoms. The Balaban J connectivity index is 1.60. The molecule has 0 bridgehead atoms. The minimum Gasteiger partial charge on any atom is -0.495 e. The van der Waals surface area contributed by atoms with Gasteiger partial charge in [-0.15, -0.1) is 11.3 Å². The van der Waals surface area contributed by atoms with E-state index in [-0.39, 0.29) is 18.0 Å². The highest BCUT2D eigenvalue weighted by atomic mass is 32.1. The van der Waals surface area contributed by atoms with Gasteiger partial charge in [-0.3, -0.25) is 14.2 Å². The molecule has 0 radical (unpaired) electrons. The summed E-state index contributed by atoms with van der Waals surface area (Å²) in [5, 5.41) is 2.81. The number of thiophene rings is 1. The summed E-state index contributed by atoms with van der Waals surface area (Å²) in [6, 6.07) is 17.3. The first kappa shape index (κ1) is 18.9. The van der Waals surface area contributed by atoms with E-state index in [1.54, 1.807) is 13.2 Å². The fraction of sp³-hybridized carbons (Fsp3) is 0.136. The number of ether oxygens (including phenoxy) is 1. The van der Waals surface area contributed by atoms with Gasteiger partial charge >= 0.3 is 0 Å². The van der Waals surface area contributed by atoms with Crippen molar-refractivity contribution < 1.29 is 9.53 Å². The molecule has 1 N–H and O–H groups in total. The Morgan fingerprint density at radius 2 is 1.97 bits per heavy atom. The second-order valence-corrected chi connectivity index (χ2v) is 7.67. The Kier molecular flexibility index (Phi) is 5.14. The van der Waals surface area contributed by atoms with Gasteiger partial charge in [0.15, 0.2) is 0 Å². The lowest BCUT2D eigenvalue weighted by Gasteiger charge is -2.11. The van der Waals surface area contributed by atoms with Crippen molar-refractivity contribution in [2.24, 2.45) is 0 Å². The first-order valence-electron chi connectivity index (χ1n) is 9.04. The van der Waals surface area contributed by atoms with Crippen LogP contribution in [0.4, 0.5) is 5.69 Å². The van der Waals surface area contributed by atoms with E-state index in [9.17, 15) is 9.59 Å². The Morgan fingerprint density at radius 1 is 1.17 bits per heavy atom. The first-order chi connectivity index (χ1) is 14.0. The molecule has 0 aliphatic heterocycles. The van der Waals surface area contributed by atoms with E-state index in [1.807, 2.05) is 55.5 Å². The third-order valence-corrected chi connectivity index (χ3v) is 5.67. The summed E-state index contributed by atoms with van der Waals surface area (Å²) >= 11 is 1.38. The van der Waals surface area contributed by atoms with Crippen molar-refractivity contribution in [2.45, 2.75) is 13.5 Å². The molecule has 1 amide bonds. The van der Waals surface area contributed by atoms with Gasteiger partial charge in [0.2, 0.25) is 5.91 Å². The summed E-state index contributed by atoms with van der Waals surface area (Å²) in [7, 11) is 1.55. The van der Waals surface area contributed by atoms with Gasteiger partial charge in [0.25, 0.3) is 5.56 Å². The molecule has 29 heavy (non-hydrogen) atoms. The molecular formula is C22H19N3O3S. The number of anilines is 1. The van der Waals surface area contributed by atoms with E-state index in [4.69, 9.17) is 4.74 Å². The second kappa shape index (κ2) is 7.89. The van der Waals surface area contributed by atoms with Crippen LogP contribution < -0.4 is 15.6 Å². The van der Waals surface area contributed by atoms with Crippen LogP contribution in [-0.2, 0) is 11.3 Å². The van der Waals surface area contributed by atoms with Gasteiger partial charge < -0.3 is 10.1 Å². The Bertz CT molecular complexity index is 1250. The topological polar surface area (TPSA) is 73.2 Å². The molecule has 0 aliphatic rings. The summed E-state index contributed by atoms with van der Waals surface area (Å²) in [5.74, 6) is 0.243. The lowest BCUT2D eigenvalue weighted by Crippen LogP contribution is -2.27. The van der Waals surface area contributed by atoms with E-state index in [1.165, 1.54) is 22.2 Å². The van der Waals surface area contributed by atoms with Crippen LogP contribution in [0, 0.1) is 6.92 Å². The fourth-order valence-electron chi connectivity index (χ4n) is 3.07. The molecule has 2 heterocycles. The van der Waals surface area contributed by atoms with Gasteiger partial charge in [-0.05, 0) is 36.2 Å². The maximum Gasteiger partial charge on any atom is 0.271 e.